The molecule has 1 N–H and O–H groups in total. The fourth-order valence-corrected chi connectivity index (χ4v) is 2.36. The third kappa shape index (κ3) is 3.52. The quantitative estimate of drug-likeness (QED) is 0.940. The number of carbonyl (C=O) groups excluding carboxylic acids is 1. The number of hydrogen-bond donors (Lipinski definition) is 1. The second-order valence-electron chi connectivity index (χ2n) is 4.84. The molecule has 1 aromatic carbocycles. The van der Waals surface area contributed by atoms with E-state index in [1.165, 1.54) is 0 Å². The van der Waals surface area contributed by atoms with Gasteiger partial charge in [0.15, 0.2) is 11.5 Å². The summed E-state index contributed by atoms with van der Waals surface area (Å²) in [6.07, 6.45) is 0. The van der Waals surface area contributed by atoms with E-state index in [0.29, 0.717) is 23.9 Å². The van der Waals surface area contributed by atoms with E-state index in [9.17, 15) is 4.79 Å². The fourth-order valence-electron chi connectivity index (χ4n) is 2.17. The highest BCUT2D eigenvalue weighted by Crippen LogP contribution is 2.16. The number of hydrogen-bond acceptors (Lipinski definition) is 5. The number of aromatic nitrogens is 2. The van der Waals surface area contributed by atoms with E-state index < -0.39 is 0 Å². The molecule has 0 unspecified atom stereocenters. The van der Waals surface area contributed by atoms with Gasteiger partial charge in [-0.15, -0.1) is 10.2 Å². The third-order valence-electron chi connectivity index (χ3n) is 3.30. The van der Waals surface area contributed by atoms with Gasteiger partial charge in [-0.2, -0.15) is 0 Å². The molecule has 2 aromatic rings. The first kappa shape index (κ1) is 14.7. The van der Waals surface area contributed by atoms with Crippen LogP contribution < -0.4 is 10.2 Å². The number of anilines is 2. The number of nitrogens with zero attached hydrogens (tertiary/aromatic N) is 3. The van der Waals surface area contributed by atoms with Crippen molar-refractivity contribution in [1.82, 2.24) is 10.2 Å². The molecule has 3 rings (SSSR count). The van der Waals surface area contributed by atoms with E-state index in [2.05, 4.69) is 20.4 Å². The standard InChI is InChI=1S/C15H15ClN4O2/c16-11-2-1-3-12(10-11)17-15(21)13-4-5-14(19-18-13)20-6-8-22-9-7-20/h1-5,10H,6-9H2,(H,17,21). The van der Waals surface area contributed by atoms with Gasteiger partial charge in [0, 0.05) is 23.8 Å². The molecule has 0 spiro atoms. The second-order valence-corrected chi connectivity index (χ2v) is 5.28. The third-order valence-corrected chi connectivity index (χ3v) is 3.54. The molecule has 1 amide bonds. The lowest BCUT2D eigenvalue weighted by Gasteiger charge is -2.27. The van der Waals surface area contributed by atoms with Crippen LogP contribution in [0.3, 0.4) is 0 Å². The van der Waals surface area contributed by atoms with Crippen molar-refractivity contribution in [2.75, 3.05) is 36.5 Å². The minimum absolute atomic E-state index is 0.261. The number of ether oxygens (including phenoxy) is 1. The average Bonchev–Trinajstić information content (AvgIpc) is 2.56. The Labute approximate surface area is 133 Å². The Morgan fingerprint density at radius 2 is 2.00 bits per heavy atom. The molecule has 114 valence electrons. The monoisotopic (exact) mass is 318 g/mol. The van der Waals surface area contributed by atoms with E-state index in [4.69, 9.17) is 16.3 Å². The molecule has 1 aromatic heterocycles. The lowest BCUT2D eigenvalue weighted by atomic mass is 10.3. The van der Waals surface area contributed by atoms with Crippen molar-refractivity contribution in [3.63, 3.8) is 0 Å². The predicted molar refractivity (Wildman–Crippen MR) is 84.5 cm³/mol. The Morgan fingerprint density at radius 1 is 1.18 bits per heavy atom. The van der Waals surface area contributed by atoms with Gasteiger partial charge in [-0.1, -0.05) is 17.7 Å². The van der Waals surface area contributed by atoms with Crippen LogP contribution in [0.1, 0.15) is 10.5 Å². The van der Waals surface area contributed by atoms with Crippen LogP contribution in [0.4, 0.5) is 11.5 Å². The van der Waals surface area contributed by atoms with Gasteiger partial charge in [0.2, 0.25) is 0 Å². The molecule has 0 aliphatic carbocycles. The van der Waals surface area contributed by atoms with Gasteiger partial charge in [-0.05, 0) is 30.3 Å². The zero-order valence-electron chi connectivity index (χ0n) is 11.8. The fraction of sp³-hybridized carbons (Fsp3) is 0.267. The van der Waals surface area contributed by atoms with Crippen LogP contribution in [0.2, 0.25) is 5.02 Å². The molecule has 0 saturated carbocycles. The van der Waals surface area contributed by atoms with E-state index >= 15 is 0 Å². The van der Waals surface area contributed by atoms with Crippen LogP contribution >= 0.6 is 11.6 Å². The van der Waals surface area contributed by atoms with Crippen LogP contribution in [0.5, 0.6) is 0 Å². The number of benzene rings is 1. The SMILES string of the molecule is O=C(Nc1cccc(Cl)c1)c1ccc(N2CCOCC2)nn1. The molecule has 1 saturated heterocycles. The van der Waals surface area contributed by atoms with Crippen molar-refractivity contribution < 1.29 is 9.53 Å². The maximum Gasteiger partial charge on any atom is 0.276 e. The molecule has 2 heterocycles. The predicted octanol–water partition coefficient (Wildman–Crippen LogP) is 2.22. The van der Waals surface area contributed by atoms with Crippen molar-refractivity contribution in [3.05, 3.63) is 47.1 Å². The molecular weight excluding hydrogens is 304 g/mol. The summed E-state index contributed by atoms with van der Waals surface area (Å²) < 4.78 is 5.29. The minimum Gasteiger partial charge on any atom is -0.378 e. The van der Waals surface area contributed by atoms with E-state index in [-0.39, 0.29) is 11.6 Å². The summed E-state index contributed by atoms with van der Waals surface area (Å²) >= 11 is 5.89. The summed E-state index contributed by atoms with van der Waals surface area (Å²) in [5, 5.41) is 11.4. The second kappa shape index (κ2) is 6.72. The largest absolute Gasteiger partial charge is 0.378 e. The molecule has 6 nitrogen and oxygen atoms in total. The van der Waals surface area contributed by atoms with Crippen molar-refractivity contribution in [2.24, 2.45) is 0 Å². The van der Waals surface area contributed by atoms with Gasteiger partial charge < -0.3 is 15.0 Å². The lowest BCUT2D eigenvalue weighted by molar-refractivity contribution is 0.102. The molecule has 0 radical (unpaired) electrons. The molecule has 0 bridgehead atoms. The van der Waals surface area contributed by atoms with E-state index in [0.717, 1.165) is 18.9 Å². The summed E-state index contributed by atoms with van der Waals surface area (Å²) in [4.78, 5) is 14.2. The molecule has 0 atom stereocenters. The molecule has 1 aliphatic rings. The number of nitrogens with one attached hydrogen (secondary N) is 1. The minimum atomic E-state index is -0.316. The number of halogens is 1. The Kier molecular flexibility index (Phi) is 4.50. The van der Waals surface area contributed by atoms with Gasteiger partial charge in [0.1, 0.15) is 0 Å². The number of rotatable bonds is 3. The number of morpholine rings is 1. The molecule has 1 fully saturated rings. The highest BCUT2D eigenvalue weighted by molar-refractivity contribution is 6.30. The normalized spacial score (nSPS) is 14.7. The van der Waals surface area contributed by atoms with Gasteiger partial charge >= 0.3 is 0 Å². The van der Waals surface area contributed by atoms with Crippen LogP contribution in [0.25, 0.3) is 0 Å². The zero-order chi connectivity index (χ0) is 15.4. The van der Waals surface area contributed by atoms with Crippen LogP contribution in [0.15, 0.2) is 36.4 Å². The maximum atomic E-state index is 12.1. The highest BCUT2D eigenvalue weighted by Gasteiger charge is 2.14. The van der Waals surface area contributed by atoms with Crippen LogP contribution in [-0.2, 0) is 4.74 Å². The molecule has 1 aliphatic heterocycles. The van der Waals surface area contributed by atoms with Crippen molar-refractivity contribution in [1.29, 1.82) is 0 Å². The number of carbonyl (C=O) groups is 1. The maximum absolute atomic E-state index is 12.1. The van der Waals surface area contributed by atoms with Gasteiger partial charge in [0.25, 0.3) is 5.91 Å². The Morgan fingerprint density at radius 3 is 2.68 bits per heavy atom. The Bertz CT molecular complexity index is 657. The van der Waals surface area contributed by atoms with Crippen molar-refractivity contribution >= 4 is 29.0 Å². The summed E-state index contributed by atoms with van der Waals surface area (Å²) in [6, 6.07) is 10.4. The van der Waals surface area contributed by atoms with Gasteiger partial charge in [-0.25, -0.2) is 0 Å². The summed E-state index contributed by atoms with van der Waals surface area (Å²) in [7, 11) is 0. The molecule has 7 heteroatoms. The summed E-state index contributed by atoms with van der Waals surface area (Å²) in [5.74, 6) is 0.436. The topological polar surface area (TPSA) is 67.4 Å². The molecule has 22 heavy (non-hydrogen) atoms. The Hall–Kier alpha value is -2.18. The van der Waals surface area contributed by atoms with Gasteiger partial charge in [0.05, 0.1) is 13.2 Å². The van der Waals surface area contributed by atoms with Crippen molar-refractivity contribution in [3.8, 4) is 0 Å². The van der Waals surface area contributed by atoms with E-state index in [1.54, 1.807) is 36.4 Å². The first-order valence-electron chi connectivity index (χ1n) is 6.96. The summed E-state index contributed by atoms with van der Waals surface area (Å²) in [5.41, 5.74) is 0.883. The first-order chi connectivity index (χ1) is 10.7. The van der Waals surface area contributed by atoms with Crippen LogP contribution in [0, 0.1) is 0 Å². The first-order valence-corrected chi connectivity index (χ1v) is 7.33. The molecular formula is C15H15ClN4O2. The van der Waals surface area contributed by atoms with Crippen molar-refractivity contribution in [2.45, 2.75) is 0 Å². The number of amides is 1. The van der Waals surface area contributed by atoms with Gasteiger partial charge in [-0.3, -0.25) is 4.79 Å². The smallest absolute Gasteiger partial charge is 0.276 e. The van der Waals surface area contributed by atoms with E-state index in [1.807, 2.05) is 0 Å². The Balaban J connectivity index is 1.68. The zero-order valence-corrected chi connectivity index (χ0v) is 12.6. The summed E-state index contributed by atoms with van der Waals surface area (Å²) in [6.45, 7) is 2.92. The highest BCUT2D eigenvalue weighted by atomic mass is 35.5. The average molecular weight is 319 g/mol. The van der Waals surface area contributed by atoms with Crippen LogP contribution in [-0.4, -0.2) is 42.4 Å². The lowest BCUT2D eigenvalue weighted by Crippen LogP contribution is -2.37.